The molecule has 0 fully saturated rings. The van der Waals surface area contributed by atoms with Crippen LogP contribution in [-0.2, 0) is 9.53 Å². The number of hydrogen-bond acceptors (Lipinski definition) is 4. The van der Waals surface area contributed by atoms with E-state index in [0.717, 1.165) is 4.47 Å². The number of esters is 1. The van der Waals surface area contributed by atoms with Gasteiger partial charge in [-0.1, -0.05) is 28.1 Å². The smallest absolute Gasteiger partial charge is 0.303 e. The molecule has 0 radical (unpaired) electrons. The summed E-state index contributed by atoms with van der Waals surface area (Å²) < 4.78 is 5.49. The molecule has 6 heteroatoms. The highest BCUT2D eigenvalue weighted by Gasteiger charge is 2.12. The number of carbonyl (C=O) groups is 1. The van der Waals surface area contributed by atoms with Crippen molar-refractivity contribution in [3.8, 4) is 0 Å². The number of benzene rings is 1. The lowest BCUT2D eigenvalue weighted by Crippen LogP contribution is -2.09. The Morgan fingerprint density at radius 2 is 2.06 bits per heavy atom. The predicted octanol–water partition coefficient (Wildman–Crippen LogP) is 2.63. The summed E-state index contributed by atoms with van der Waals surface area (Å²) in [5.41, 5.74) is 0.509. The van der Waals surface area contributed by atoms with Gasteiger partial charge in [0.25, 0.3) is 5.70 Å². The lowest BCUT2D eigenvalue weighted by molar-refractivity contribution is -0.428. The highest BCUT2D eigenvalue weighted by molar-refractivity contribution is 9.10. The van der Waals surface area contributed by atoms with Crippen LogP contribution in [0.3, 0.4) is 0 Å². The average molecular weight is 300 g/mol. The summed E-state index contributed by atoms with van der Waals surface area (Å²) >= 11 is 3.27. The van der Waals surface area contributed by atoms with Crippen LogP contribution < -0.4 is 0 Å². The van der Waals surface area contributed by atoms with Gasteiger partial charge in [0.05, 0.1) is 4.92 Å². The monoisotopic (exact) mass is 299 g/mol. The van der Waals surface area contributed by atoms with E-state index >= 15 is 0 Å². The molecule has 0 N–H and O–H groups in total. The van der Waals surface area contributed by atoms with Gasteiger partial charge in [-0.25, -0.2) is 0 Å². The van der Waals surface area contributed by atoms with Gasteiger partial charge in [-0.05, 0) is 17.7 Å². The number of nitro groups is 1. The Balaban J connectivity index is 2.86. The summed E-state index contributed by atoms with van der Waals surface area (Å²) in [6, 6.07) is 6.99. The summed E-state index contributed by atoms with van der Waals surface area (Å²) in [6.45, 7) is 0.871. The van der Waals surface area contributed by atoms with Crippen molar-refractivity contribution in [1.29, 1.82) is 0 Å². The molecule has 0 amide bonds. The minimum atomic E-state index is -0.564. The van der Waals surface area contributed by atoms with Gasteiger partial charge in [0.1, 0.15) is 0 Å². The lowest BCUT2D eigenvalue weighted by Gasteiger charge is -2.00. The van der Waals surface area contributed by atoms with Crippen molar-refractivity contribution in [3.05, 3.63) is 50.1 Å². The molecule has 1 aromatic rings. The van der Waals surface area contributed by atoms with Crippen molar-refractivity contribution in [1.82, 2.24) is 0 Å². The molecule has 0 atom stereocenters. The Kier molecular flexibility index (Phi) is 4.84. The zero-order valence-electron chi connectivity index (χ0n) is 9.05. The average Bonchev–Trinajstić information content (AvgIpc) is 2.26. The van der Waals surface area contributed by atoms with Gasteiger partial charge >= 0.3 is 5.97 Å². The first-order chi connectivity index (χ1) is 7.99. The maximum atomic E-state index is 10.7. The first-order valence-electron chi connectivity index (χ1n) is 4.73. The fraction of sp³-hybridized carbons (Fsp3) is 0.182. The first kappa shape index (κ1) is 13.4. The number of ether oxygens (including phenoxy) is 1. The van der Waals surface area contributed by atoms with Crippen LogP contribution in [0.25, 0.3) is 6.08 Å². The maximum Gasteiger partial charge on any atom is 0.303 e. The van der Waals surface area contributed by atoms with Crippen LogP contribution in [0.2, 0.25) is 0 Å². The minimum absolute atomic E-state index is 0.164. The Labute approximate surface area is 106 Å². The third-order valence-corrected chi connectivity index (χ3v) is 2.39. The van der Waals surface area contributed by atoms with Gasteiger partial charge in [-0.2, -0.15) is 0 Å². The van der Waals surface area contributed by atoms with Gasteiger partial charge in [0, 0.05) is 17.5 Å². The fourth-order valence-electron chi connectivity index (χ4n) is 1.07. The lowest BCUT2D eigenvalue weighted by atomic mass is 10.2. The van der Waals surface area contributed by atoms with Crippen LogP contribution in [0.15, 0.2) is 34.4 Å². The molecule has 0 aliphatic rings. The third kappa shape index (κ3) is 4.78. The van der Waals surface area contributed by atoms with Crippen LogP contribution in [0, 0.1) is 10.1 Å². The molecule has 0 saturated carbocycles. The van der Waals surface area contributed by atoms with Crippen LogP contribution in [0.1, 0.15) is 12.5 Å². The summed E-state index contributed by atoms with van der Waals surface area (Å²) in [6.07, 6.45) is 1.37. The Bertz CT molecular complexity index is 453. The molecular weight excluding hydrogens is 290 g/mol. The van der Waals surface area contributed by atoms with Crippen molar-refractivity contribution >= 4 is 28.0 Å². The number of halogens is 1. The molecule has 0 aliphatic heterocycles. The minimum Gasteiger partial charge on any atom is -0.454 e. The van der Waals surface area contributed by atoms with E-state index in [4.69, 9.17) is 0 Å². The molecular formula is C11H10BrNO4. The molecule has 0 saturated heterocycles. The number of nitrogens with zero attached hydrogens (tertiary/aromatic N) is 1. The van der Waals surface area contributed by atoms with Crippen molar-refractivity contribution in [2.75, 3.05) is 6.61 Å². The van der Waals surface area contributed by atoms with E-state index in [0.29, 0.717) is 5.56 Å². The van der Waals surface area contributed by atoms with Gasteiger partial charge in [-0.3, -0.25) is 14.9 Å². The topological polar surface area (TPSA) is 69.4 Å². The Morgan fingerprint density at radius 1 is 1.47 bits per heavy atom. The van der Waals surface area contributed by atoms with E-state index in [1.165, 1.54) is 13.0 Å². The molecule has 1 rings (SSSR count). The highest BCUT2D eigenvalue weighted by Crippen LogP contribution is 2.13. The molecule has 0 aliphatic carbocycles. The van der Waals surface area contributed by atoms with E-state index < -0.39 is 10.9 Å². The van der Waals surface area contributed by atoms with Gasteiger partial charge < -0.3 is 4.74 Å². The summed E-state index contributed by atoms with van der Waals surface area (Å²) in [5, 5.41) is 10.7. The quantitative estimate of drug-likeness (QED) is 0.487. The van der Waals surface area contributed by atoms with Crippen molar-refractivity contribution < 1.29 is 14.5 Å². The van der Waals surface area contributed by atoms with E-state index in [2.05, 4.69) is 20.7 Å². The normalized spacial score (nSPS) is 11.1. The number of carbonyl (C=O) groups excluding carboxylic acids is 1. The first-order valence-corrected chi connectivity index (χ1v) is 5.52. The van der Waals surface area contributed by atoms with E-state index in [9.17, 15) is 14.9 Å². The molecule has 0 spiro atoms. The predicted molar refractivity (Wildman–Crippen MR) is 65.7 cm³/mol. The number of hydrogen-bond donors (Lipinski definition) is 0. The molecule has 0 unspecified atom stereocenters. The van der Waals surface area contributed by atoms with Crippen LogP contribution in [0.5, 0.6) is 0 Å². The van der Waals surface area contributed by atoms with Crippen molar-refractivity contribution in [3.63, 3.8) is 0 Å². The largest absolute Gasteiger partial charge is 0.454 e. The molecule has 17 heavy (non-hydrogen) atoms. The fourth-order valence-corrected chi connectivity index (χ4v) is 1.34. The standard InChI is InChI=1S/C11H10BrNO4/c1-8(14)17-7-11(13(15)16)6-9-2-4-10(12)5-3-9/h2-6H,7H2,1H3/b11-6-. The van der Waals surface area contributed by atoms with Crippen molar-refractivity contribution in [2.45, 2.75) is 6.92 Å². The maximum absolute atomic E-state index is 10.7. The highest BCUT2D eigenvalue weighted by atomic mass is 79.9. The van der Waals surface area contributed by atoms with E-state index in [-0.39, 0.29) is 12.3 Å². The molecule has 0 heterocycles. The zero-order chi connectivity index (χ0) is 12.8. The SMILES string of the molecule is CC(=O)OC/C(=C/c1ccc(Br)cc1)[N+](=O)[O-]. The second-order valence-corrected chi connectivity index (χ2v) is 4.14. The number of rotatable bonds is 4. The third-order valence-electron chi connectivity index (χ3n) is 1.86. The van der Waals surface area contributed by atoms with Gasteiger partial charge in [0.15, 0.2) is 6.61 Å². The van der Waals surface area contributed by atoms with E-state index in [1.807, 2.05) is 0 Å². The molecule has 0 aromatic heterocycles. The Morgan fingerprint density at radius 3 is 2.53 bits per heavy atom. The second-order valence-electron chi connectivity index (χ2n) is 3.22. The summed E-state index contributed by atoms with van der Waals surface area (Å²) in [4.78, 5) is 20.7. The van der Waals surface area contributed by atoms with Crippen LogP contribution in [0.4, 0.5) is 0 Å². The zero-order valence-corrected chi connectivity index (χ0v) is 10.6. The summed E-state index contributed by atoms with van der Waals surface area (Å²) in [7, 11) is 0. The van der Waals surface area contributed by atoms with Crippen molar-refractivity contribution in [2.24, 2.45) is 0 Å². The summed E-state index contributed by atoms with van der Waals surface area (Å²) in [5.74, 6) is -0.548. The van der Waals surface area contributed by atoms with E-state index in [1.54, 1.807) is 24.3 Å². The van der Waals surface area contributed by atoms with Crippen LogP contribution >= 0.6 is 15.9 Å². The molecule has 0 bridgehead atoms. The Hall–Kier alpha value is -1.69. The molecule has 90 valence electrons. The van der Waals surface area contributed by atoms with Crippen LogP contribution in [-0.4, -0.2) is 17.5 Å². The van der Waals surface area contributed by atoms with Gasteiger partial charge in [0.2, 0.25) is 0 Å². The molecule has 1 aromatic carbocycles. The molecule has 5 nitrogen and oxygen atoms in total. The van der Waals surface area contributed by atoms with Gasteiger partial charge in [-0.15, -0.1) is 0 Å². The second kappa shape index (κ2) is 6.15.